The standard InChI is InChI=1S/C13H15NO5/c1-9-3-2-4-10(14(17)18)12(9)19-8-13(5-6-13)7-11(15)16/h2-4H,5-8H2,1H3,(H,15,16). The molecule has 1 saturated carbocycles. The highest BCUT2D eigenvalue weighted by atomic mass is 16.6. The number of nitro groups is 1. The van der Waals surface area contributed by atoms with E-state index in [0.29, 0.717) is 5.56 Å². The summed E-state index contributed by atoms with van der Waals surface area (Å²) in [6.45, 7) is 1.95. The first-order valence-corrected chi connectivity index (χ1v) is 6.02. The molecule has 1 aromatic rings. The summed E-state index contributed by atoms with van der Waals surface area (Å²) in [5.74, 6) is -0.621. The number of rotatable bonds is 6. The Morgan fingerprint density at radius 1 is 1.53 bits per heavy atom. The lowest BCUT2D eigenvalue weighted by molar-refractivity contribution is -0.386. The maximum Gasteiger partial charge on any atom is 0.311 e. The molecule has 1 N–H and O–H groups in total. The molecule has 102 valence electrons. The van der Waals surface area contributed by atoms with E-state index in [4.69, 9.17) is 9.84 Å². The van der Waals surface area contributed by atoms with Crippen LogP contribution in [-0.2, 0) is 4.79 Å². The first kappa shape index (κ1) is 13.3. The van der Waals surface area contributed by atoms with Crippen LogP contribution in [0.4, 0.5) is 5.69 Å². The molecule has 0 unspecified atom stereocenters. The van der Waals surface area contributed by atoms with Gasteiger partial charge in [0.25, 0.3) is 0 Å². The monoisotopic (exact) mass is 265 g/mol. The van der Waals surface area contributed by atoms with Crippen molar-refractivity contribution in [3.8, 4) is 5.75 Å². The van der Waals surface area contributed by atoms with Crippen molar-refractivity contribution in [1.29, 1.82) is 0 Å². The predicted octanol–water partition coefficient (Wildman–Crippen LogP) is 2.54. The van der Waals surface area contributed by atoms with Crippen molar-refractivity contribution in [2.75, 3.05) is 6.61 Å². The largest absolute Gasteiger partial charge is 0.486 e. The third kappa shape index (κ3) is 3.01. The zero-order valence-electron chi connectivity index (χ0n) is 10.6. The van der Waals surface area contributed by atoms with Crippen LogP contribution in [0, 0.1) is 22.5 Å². The van der Waals surface area contributed by atoms with E-state index in [2.05, 4.69) is 0 Å². The number of carbonyl (C=O) groups is 1. The van der Waals surface area contributed by atoms with Gasteiger partial charge in [-0.1, -0.05) is 12.1 Å². The Bertz CT molecular complexity index is 522. The summed E-state index contributed by atoms with van der Waals surface area (Å²) < 4.78 is 5.55. The van der Waals surface area contributed by atoms with Gasteiger partial charge in [-0.15, -0.1) is 0 Å². The molecule has 1 fully saturated rings. The molecule has 1 aliphatic rings. The molecule has 0 bridgehead atoms. The summed E-state index contributed by atoms with van der Waals surface area (Å²) in [7, 11) is 0. The summed E-state index contributed by atoms with van der Waals surface area (Å²) in [5.41, 5.74) is 0.258. The number of nitrogens with zero attached hydrogens (tertiary/aromatic N) is 1. The number of hydrogen-bond acceptors (Lipinski definition) is 4. The van der Waals surface area contributed by atoms with Crippen LogP contribution in [0.15, 0.2) is 18.2 Å². The van der Waals surface area contributed by atoms with Crippen LogP contribution in [-0.4, -0.2) is 22.6 Å². The van der Waals surface area contributed by atoms with Gasteiger partial charge in [-0.05, 0) is 25.3 Å². The second-order valence-corrected chi connectivity index (χ2v) is 5.04. The Morgan fingerprint density at radius 2 is 2.21 bits per heavy atom. The normalized spacial score (nSPS) is 15.8. The zero-order valence-corrected chi connectivity index (χ0v) is 10.6. The number of hydrogen-bond donors (Lipinski definition) is 1. The second-order valence-electron chi connectivity index (χ2n) is 5.04. The molecule has 2 rings (SSSR count). The summed E-state index contributed by atoms with van der Waals surface area (Å²) in [6.07, 6.45) is 1.63. The van der Waals surface area contributed by atoms with Gasteiger partial charge in [-0.3, -0.25) is 14.9 Å². The van der Waals surface area contributed by atoms with E-state index in [9.17, 15) is 14.9 Å². The van der Waals surface area contributed by atoms with Gasteiger partial charge in [0.15, 0.2) is 5.75 Å². The molecule has 1 aliphatic carbocycles. The molecular formula is C13H15NO5. The third-order valence-electron chi connectivity index (χ3n) is 3.39. The molecule has 6 nitrogen and oxygen atoms in total. The van der Waals surface area contributed by atoms with Gasteiger partial charge >= 0.3 is 11.7 Å². The van der Waals surface area contributed by atoms with Crippen molar-refractivity contribution in [2.45, 2.75) is 26.2 Å². The highest BCUT2D eigenvalue weighted by Crippen LogP contribution is 2.49. The average molecular weight is 265 g/mol. The van der Waals surface area contributed by atoms with Crippen LogP contribution in [0.25, 0.3) is 0 Å². The summed E-state index contributed by atoms with van der Waals surface area (Å²) >= 11 is 0. The lowest BCUT2D eigenvalue weighted by Gasteiger charge is -2.15. The van der Waals surface area contributed by atoms with Crippen molar-refractivity contribution >= 4 is 11.7 Å². The van der Waals surface area contributed by atoms with E-state index in [1.165, 1.54) is 6.07 Å². The lowest BCUT2D eigenvalue weighted by atomic mass is 10.0. The number of carboxylic acids is 1. The third-order valence-corrected chi connectivity index (χ3v) is 3.39. The Kier molecular flexibility index (Phi) is 3.42. The quantitative estimate of drug-likeness (QED) is 0.630. The van der Waals surface area contributed by atoms with Gasteiger partial charge < -0.3 is 9.84 Å². The number of nitro benzene ring substituents is 1. The van der Waals surface area contributed by atoms with Gasteiger partial charge in [-0.2, -0.15) is 0 Å². The van der Waals surface area contributed by atoms with Crippen molar-refractivity contribution in [2.24, 2.45) is 5.41 Å². The first-order valence-electron chi connectivity index (χ1n) is 6.02. The van der Waals surface area contributed by atoms with Crippen LogP contribution in [0.2, 0.25) is 0 Å². The van der Waals surface area contributed by atoms with E-state index in [-0.39, 0.29) is 29.9 Å². The average Bonchev–Trinajstić information content (AvgIpc) is 3.06. The SMILES string of the molecule is Cc1cccc([N+](=O)[O-])c1OCC1(CC(=O)O)CC1. The number of para-hydroxylation sites is 1. The van der Waals surface area contributed by atoms with Gasteiger partial charge in [0.05, 0.1) is 18.0 Å². The molecule has 6 heteroatoms. The maximum absolute atomic E-state index is 10.9. The number of aryl methyl sites for hydroxylation is 1. The minimum Gasteiger partial charge on any atom is -0.486 e. The van der Waals surface area contributed by atoms with E-state index in [1.807, 2.05) is 0 Å². The highest BCUT2D eigenvalue weighted by molar-refractivity contribution is 5.68. The van der Waals surface area contributed by atoms with Crippen LogP contribution in [0.3, 0.4) is 0 Å². The minimum atomic E-state index is -0.861. The Labute approximate surface area is 110 Å². The number of ether oxygens (including phenoxy) is 1. The fourth-order valence-electron chi connectivity index (χ4n) is 2.06. The minimum absolute atomic E-state index is 0.0483. The predicted molar refractivity (Wildman–Crippen MR) is 67.2 cm³/mol. The molecule has 0 atom stereocenters. The van der Waals surface area contributed by atoms with E-state index < -0.39 is 10.9 Å². The summed E-state index contributed by atoms with van der Waals surface area (Å²) in [6, 6.07) is 4.72. The van der Waals surface area contributed by atoms with Gasteiger partial charge in [0, 0.05) is 11.5 Å². The zero-order chi connectivity index (χ0) is 14.0. The first-order chi connectivity index (χ1) is 8.93. The van der Waals surface area contributed by atoms with Crippen LogP contribution in [0.5, 0.6) is 5.75 Å². The Balaban J connectivity index is 2.12. The van der Waals surface area contributed by atoms with Gasteiger partial charge in [0.1, 0.15) is 0 Å². The van der Waals surface area contributed by atoms with E-state index in [0.717, 1.165) is 12.8 Å². The second kappa shape index (κ2) is 4.87. The molecule has 0 saturated heterocycles. The van der Waals surface area contributed by atoms with Crippen LogP contribution < -0.4 is 4.74 Å². The highest BCUT2D eigenvalue weighted by Gasteiger charge is 2.45. The molecule has 0 spiro atoms. The lowest BCUT2D eigenvalue weighted by Crippen LogP contribution is -2.18. The Hall–Kier alpha value is -2.11. The molecular weight excluding hydrogens is 250 g/mol. The van der Waals surface area contributed by atoms with Gasteiger partial charge in [0.2, 0.25) is 0 Å². The smallest absolute Gasteiger partial charge is 0.311 e. The molecule has 19 heavy (non-hydrogen) atoms. The maximum atomic E-state index is 10.9. The molecule has 0 radical (unpaired) electrons. The molecule has 0 aliphatic heterocycles. The van der Waals surface area contributed by atoms with Crippen LogP contribution >= 0.6 is 0 Å². The Morgan fingerprint density at radius 3 is 2.74 bits per heavy atom. The van der Waals surface area contributed by atoms with Crippen molar-refractivity contribution in [3.63, 3.8) is 0 Å². The van der Waals surface area contributed by atoms with Crippen LogP contribution in [0.1, 0.15) is 24.8 Å². The molecule has 0 heterocycles. The van der Waals surface area contributed by atoms with Crippen molar-refractivity contribution in [1.82, 2.24) is 0 Å². The van der Waals surface area contributed by atoms with E-state index >= 15 is 0 Å². The molecule has 0 aromatic heterocycles. The number of benzene rings is 1. The number of aliphatic carboxylic acids is 1. The molecule has 0 amide bonds. The van der Waals surface area contributed by atoms with Crippen molar-refractivity contribution < 1.29 is 19.6 Å². The van der Waals surface area contributed by atoms with E-state index in [1.54, 1.807) is 19.1 Å². The fourth-order valence-corrected chi connectivity index (χ4v) is 2.06. The van der Waals surface area contributed by atoms with Crippen molar-refractivity contribution in [3.05, 3.63) is 33.9 Å². The topological polar surface area (TPSA) is 89.7 Å². The molecule has 1 aromatic carbocycles. The summed E-state index contributed by atoms with van der Waals surface area (Å²) in [4.78, 5) is 21.2. The number of carboxylic acid groups (broad SMARTS) is 1. The fraction of sp³-hybridized carbons (Fsp3) is 0.462. The summed E-state index contributed by atoms with van der Waals surface area (Å²) in [5, 5.41) is 19.7. The van der Waals surface area contributed by atoms with Gasteiger partial charge in [-0.25, -0.2) is 0 Å².